The van der Waals surface area contributed by atoms with E-state index >= 15 is 0 Å². The third-order valence-electron chi connectivity index (χ3n) is 4.68. The highest BCUT2D eigenvalue weighted by atomic mass is 19.1. The number of carbonyl (C=O) groups is 1. The number of benzene rings is 2. The third kappa shape index (κ3) is 3.14. The number of rotatable bonds is 3. The molecule has 2 heterocycles. The van der Waals surface area contributed by atoms with Crippen molar-refractivity contribution in [3.8, 4) is 0 Å². The van der Waals surface area contributed by atoms with Crippen LogP contribution in [0.3, 0.4) is 0 Å². The quantitative estimate of drug-likeness (QED) is 0.660. The van der Waals surface area contributed by atoms with Crippen LogP contribution in [0, 0.1) is 5.82 Å². The molecule has 0 N–H and O–H groups in total. The summed E-state index contributed by atoms with van der Waals surface area (Å²) in [5.41, 5.74) is 1.61. The fourth-order valence-corrected chi connectivity index (χ4v) is 3.27. The molecule has 0 spiro atoms. The molecule has 1 aromatic heterocycles. The summed E-state index contributed by atoms with van der Waals surface area (Å²) >= 11 is 0. The van der Waals surface area contributed by atoms with Gasteiger partial charge >= 0.3 is 5.63 Å². The smallest absolute Gasteiger partial charge is 0.345 e. The second-order valence-corrected chi connectivity index (χ2v) is 6.40. The van der Waals surface area contributed by atoms with Crippen LogP contribution in [-0.2, 0) is 4.79 Å². The van der Waals surface area contributed by atoms with Gasteiger partial charge in [0.15, 0.2) is 0 Å². The first-order valence-electron chi connectivity index (χ1n) is 8.75. The second kappa shape index (κ2) is 6.79. The van der Waals surface area contributed by atoms with Gasteiger partial charge in [0.25, 0.3) is 0 Å². The largest absolute Gasteiger partial charge is 0.422 e. The highest BCUT2D eigenvalue weighted by molar-refractivity contribution is 6.04. The first kappa shape index (κ1) is 17.1. The molecule has 6 heteroatoms. The van der Waals surface area contributed by atoms with Gasteiger partial charge in [-0.15, -0.1) is 0 Å². The Morgan fingerprint density at radius 3 is 2.70 bits per heavy atom. The summed E-state index contributed by atoms with van der Waals surface area (Å²) in [6.07, 6.45) is 0.640. The summed E-state index contributed by atoms with van der Waals surface area (Å²) < 4.78 is 18.7. The molecule has 0 bridgehead atoms. The molecule has 4 rings (SSSR count). The highest BCUT2D eigenvalue weighted by Gasteiger charge is 2.33. The van der Waals surface area contributed by atoms with Crippen molar-refractivity contribution < 1.29 is 13.6 Å². The van der Waals surface area contributed by atoms with Crippen molar-refractivity contribution in [1.29, 1.82) is 0 Å². The molecule has 136 valence electrons. The minimum atomic E-state index is -0.490. The average Bonchev–Trinajstić information content (AvgIpc) is 3.12. The van der Waals surface area contributed by atoms with E-state index in [1.165, 1.54) is 17.1 Å². The van der Waals surface area contributed by atoms with Crippen LogP contribution in [0.1, 0.15) is 36.9 Å². The van der Waals surface area contributed by atoms with Gasteiger partial charge in [-0.2, -0.15) is 5.10 Å². The minimum Gasteiger partial charge on any atom is -0.422 e. The van der Waals surface area contributed by atoms with Gasteiger partial charge in [0, 0.05) is 18.2 Å². The maximum absolute atomic E-state index is 13.3. The summed E-state index contributed by atoms with van der Waals surface area (Å²) in [5.74, 6) is -0.508. The lowest BCUT2D eigenvalue weighted by atomic mass is 9.98. The van der Waals surface area contributed by atoms with Crippen molar-refractivity contribution in [2.75, 3.05) is 0 Å². The maximum Gasteiger partial charge on any atom is 0.345 e. The van der Waals surface area contributed by atoms with Crippen LogP contribution in [0.25, 0.3) is 11.0 Å². The molecule has 1 aliphatic heterocycles. The Kier molecular flexibility index (Phi) is 4.32. The lowest BCUT2D eigenvalue weighted by Crippen LogP contribution is -2.26. The fourth-order valence-electron chi connectivity index (χ4n) is 3.27. The van der Waals surface area contributed by atoms with Crippen LogP contribution in [0.5, 0.6) is 0 Å². The first-order chi connectivity index (χ1) is 13.1. The molecule has 0 saturated carbocycles. The molecular weight excluding hydrogens is 347 g/mol. The SMILES string of the molecule is CCC(=O)N1N=C(c2cc3ccccc3oc2=O)CC1c1ccc(F)cc1. The number of halogens is 1. The lowest BCUT2D eigenvalue weighted by Gasteiger charge is -2.21. The summed E-state index contributed by atoms with van der Waals surface area (Å²) in [5, 5.41) is 6.60. The van der Waals surface area contributed by atoms with E-state index in [4.69, 9.17) is 4.42 Å². The van der Waals surface area contributed by atoms with Crippen LogP contribution in [0.2, 0.25) is 0 Å². The molecule has 0 aliphatic carbocycles. The number of hydrogen-bond acceptors (Lipinski definition) is 4. The monoisotopic (exact) mass is 364 g/mol. The highest BCUT2D eigenvalue weighted by Crippen LogP contribution is 2.33. The zero-order valence-corrected chi connectivity index (χ0v) is 14.7. The topological polar surface area (TPSA) is 62.9 Å². The minimum absolute atomic E-state index is 0.162. The Balaban J connectivity index is 1.77. The number of fused-ring (bicyclic) bond motifs is 1. The van der Waals surface area contributed by atoms with Gasteiger partial charge in [-0.3, -0.25) is 4.79 Å². The molecule has 1 aliphatic rings. The lowest BCUT2D eigenvalue weighted by molar-refractivity contribution is -0.132. The molecule has 1 unspecified atom stereocenters. The van der Waals surface area contributed by atoms with E-state index in [-0.39, 0.29) is 24.2 Å². The average molecular weight is 364 g/mol. The summed E-state index contributed by atoms with van der Waals surface area (Å²) in [4.78, 5) is 24.8. The molecule has 1 atom stereocenters. The number of amides is 1. The molecule has 5 nitrogen and oxygen atoms in total. The molecule has 0 saturated heterocycles. The molecule has 2 aromatic carbocycles. The van der Waals surface area contributed by atoms with E-state index in [0.717, 1.165) is 10.9 Å². The van der Waals surface area contributed by atoms with Crippen molar-refractivity contribution in [2.24, 2.45) is 5.10 Å². The van der Waals surface area contributed by atoms with E-state index in [1.54, 1.807) is 37.3 Å². The van der Waals surface area contributed by atoms with Gasteiger partial charge < -0.3 is 4.42 Å². The number of hydrogen-bond donors (Lipinski definition) is 0. The van der Waals surface area contributed by atoms with E-state index in [2.05, 4.69) is 5.10 Å². The van der Waals surface area contributed by atoms with E-state index in [0.29, 0.717) is 23.3 Å². The Morgan fingerprint density at radius 2 is 1.96 bits per heavy atom. The summed E-state index contributed by atoms with van der Waals surface area (Å²) in [7, 11) is 0. The van der Waals surface area contributed by atoms with E-state index < -0.39 is 5.63 Å². The molecule has 0 radical (unpaired) electrons. The Hall–Kier alpha value is -3.28. The Morgan fingerprint density at radius 1 is 1.22 bits per heavy atom. The van der Waals surface area contributed by atoms with Gasteiger partial charge in [-0.05, 0) is 29.8 Å². The zero-order chi connectivity index (χ0) is 19.0. The van der Waals surface area contributed by atoms with Gasteiger partial charge in [-0.1, -0.05) is 37.3 Å². The van der Waals surface area contributed by atoms with E-state index in [1.807, 2.05) is 12.1 Å². The standard InChI is InChI=1S/C21H17FN2O3/c1-2-20(25)24-18(13-7-9-15(22)10-8-13)12-17(23-24)16-11-14-5-3-4-6-19(14)27-21(16)26/h3-11,18H,2,12H2,1H3. The molecule has 3 aromatic rings. The molecule has 1 amide bonds. The van der Waals surface area contributed by atoms with Crippen LogP contribution >= 0.6 is 0 Å². The summed E-state index contributed by atoms with van der Waals surface area (Å²) in [6, 6.07) is 14.6. The van der Waals surface area contributed by atoms with E-state index in [9.17, 15) is 14.0 Å². The zero-order valence-electron chi connectivity index (χ0n) is 14.7. The van der Waals surface area contributed by atoms with Crippen molar-refractivity contribution in [1.82, 2.24) is 5.01 Å². The maximum atomic E-state index is 13.3. The Labute approximate surface area is 154 Å². The molecule has 0 fully saturated rings. The van der Waals surface area contributed by atoms with Crippen LogP contribution in [0.15, 0.2) is 68.9 Å². The van der Waals surface area contributed by atoms with Gasteiger partial charge in [0.1, 0.15) is 11.4 Å². The van der Waals surface area contributed by atoms with Crippen molar-refractivity contribution >= 4 is 22.6 Å². The van der Waals surface area contributed by atoms with Crippen molar-refractivity contribution in [3.05, 3.63) is 82.0 Å². The predicted molar refractivity (Wildman–Crippen MR) is 99.9 cm³/mol. The normalized spacial score (nSPS) is 16.6. The number of hydrazone groups is 1. The fraction of sp³-hybridized carbons (Fsp3) is 0.190. The van der Waals surface area contributed by atoms with Crippen molar-refractivity contribution in [2.45, 2.75) is 25.8 Å². The van der Waals surface area contributed by atoms with Gasteiger partial charge in [0.2, 0.25) is 5.91 Å². The van der Waals surface area contributed by atoms with Crippen LogP contribution in [0.4, 0.5) is 4.39 Å². The predicted octanol–water partition coefficient (Wildman–Crippen LogP) is 4.02. The van der Waals surface area contributed by atoms with Crippen molar-refractivity contribution in [3.63, 3.8) is 0 Å². The molecular formula is C21H17FN2O3. The van der Waals surface area contributed by atoms with Gasteiger partial charge in [0.05, 0.1) is 17.3 Å². The van der Waals surface area contributed by atoms with Gasteiger partial charge in [-0.25, -0.2) is 14.2 Å². The van der Waals surface area contributed by atoms with Crippen LogP contribution in [-0.4, -0.2) is 16.6 Å². The number of para-hydroxylation sites is 1. The Bertz CT molecular complexity index is 1100. The first-order valence-corrected chi connectivity index (χ1v) is 8.75. The number of carbonyl (C=O) groups excluding carboxylic acids is 1. The number of nitrogens with zero attached hydrogens (tertiary/aromatic N) is 2. The summed E-state index contributed by atoms with van der Waals surface area (Å²) in [6.45, 7) is 1.75. The second-order valence-electron chi connectivity index (χ2n) is 6.40. The third-order valence-corrected chi connectivity index (χ3v) is 4.68. The molecule has 27 heavy (non-hydrogen) atoms. The van der Waals surface area contributed by atoms with Crippen LogP contribution < -0.4 is 5.63 Å².